The number of benzene rings is 2. The van der Waals surface area contributed by atoms with E-state index in [1.165, 1.54) is 35.6 Å². The molecule has 1 aromatic heterocycles. The molecular weight excluding hydrogens is 391 g/mol. The number of rotatable bonds is 4. The predicted molar refractivity (Wildman–Crippen MR) is 96.8 cm³/mol. The summed E-state index contributed by atoms with van der Waals surface area (Å²) in [6.07, 6.45) is 0. The molecular formula is C15H10Cl2N2O3S2. The standard InChI is InChI=1S/C15H10Cl2N2O3S2/c16-9-4-6-10(7-5-9)24(21,22)8-13(20)18-15-19-14-11(17)2-1-3-12(14)23-15/h1-7H,8H2,(H,18,19,20). The van der Waals surface area contributed by atoms with Gasteiger partial charge in [-0.3, -0.25) is 4.79 Å². The van der Waals surface area contributed by atoms with Gasteiger partial charge >= 0.3 is 0 Å². The van der Waals surface area contributed by atoms with Gasteiger partial charge in [0.15, 0.2) is 15.0 Å². The van der Waals surface area contributed by atoms with E-state index in [0.717, 1.165) is 4.70 Å². The molecule has 1 N–H and O–H groups in total. The molecule has 24 heavy (non-hydrogen) atoms. The summed E-state index contributed by atoms with van der Waals surface area (Å²) in [4.78, 5) is 16.3. The van der Waals surface area contributed by atoms with Crippen LogP contribution < -0.4 is 5.32 Å². The third-order valence-corrected chi connectivity index (χ3v) is 6.24. The van der Waals surface area contributed by atoms with Crippen molar-refractivity contribution in [1.29, 1.82) is 0 Å². The summed E-state index contributed by atoms with van der Waals surface area (Å²) in [5, 5.41) is 3.69. The lowest BCUT2D eigenvalue weighted by atomic mass is 10.3. The monoisotopic (exact) mass is 400 g/mol. The molecule has 3 aromatic rings. The third kappa shape index (κ3) is 3.70. The van der Waals surface area contributed by atoms with Crippen LogP contribution in [-0.4, -0.2) is 25.1 Å². The molecule has 0 fully saturated rings. The maximum absolute atomic E-state index is 12.2. The van der Waals surface area contributed by atoms with Crippen LogP contribution in [-0.2, 0) is 14.6 Å². The highest BCUT2D eigenvalue weighted by Crippen LogP contribution is 2.30. The van der Waals surface area contributed by atoms with Crippen LogP contribution in [0.3, 0.4) is 0 Å². The van der Waals surface area contributed by atoms with Gasteiger partial charge in [-0.15, -0.1) is 0 Å². The zero-order valence-corrected chi connectivity index (χ0v) is 15.1. The molecule has 0 aliphatic rings. The first-order valence-corrected chi connectivity index (χ1v) is 9.91. The normalized spacial score (nSPS) is 11.6. The summed E-state index contributed by atoms with van der Waals surface area (Å²) in [6.45, 7) is 0. The van der Waals surface area contributed by atoms with Gasteiger partial charge in [-0.2, -0.15) is 0 Å². The molecule has 0 saturated heterocycles. The fourth-order valence-electron chi connectivity index (χ4n) is 2.02. The number of aromatic nitrogens is 1. The summed E-state index contributed by atoms with van der Waals surface area (Å²) in [5.41, 5.74) is 0.569. The van der Waals surface area contributed by atoms with Crippen molar-refractivity contribution in [3.8, 4) is 0 Å². The number of hydrogen-bond acceptors (Lipinski definition) is 5. The molecule has 9 heteroatoms. The van der Waals surface area contributed by atoms with Crippen molar-refractivity contribution in [3.63, 3.8) is 0 Å². The molecule has 0 unspecified atom stereocenters. The number of anilines is 1. The minimum absolute atomic E-state index is 0.0365. The summed E-state index contributed by atoms with van der Waals surface area (Å²) < 4.78 is 25.3. The molecule has 0 atom stereocenters. The van der Waals surface area contributed by atoms with Crippen molar-refractivity contribution in [1.82, 2.24) is 4.98 Å². The maximum Gasteiger partial charge on any atom is 0.241 e. The molecule has 2 aromatic carbocycles. The van der Waals surface area contributed by atoms with Crippen LogP contribution in [0.25, 0.3) is 10.2 Å². The number of halogens is 2. The van der Waals surface area contributed by atoms with Crippen molar-refractivity contribution < 1.29 is 13.2 Å². The topological polar surface area (TPSA) is 76.1 Å². The van der Waals surface area contributed by atoms with Crippen LogP contribution in [0, 0.1) is 0 Å². The fraction of sp³-hybridized carbons (Fsp3) is 0.0667. The molecule has 124 valence electrons. The highest BCUT2D eigenvalue weighted by Gasteiger charge is 2.20. The number of hydrogen-bond donors (Lipinski definition) is 1. The lowest BCUT2D eigenvalue weighted by molar-refractivity contribution is -0.113. The number of para-hydroxylation sites is 1. The summed E-state index contributed by atoms with van der Waals surface area (Å²) in [7, 11) is -3.75. The van der Waals surface area contributed by atoms with E-state index in [9.17, 15) is 13.2 Å². The van der Waals surface area contributed by atoms with Crippen molar-refractivity contribution in [2.45, 2.75) is 4.90 Å². The number of fused-ring (bicyclic) bond motifs is 1. The zero-order chi connectivity index (χ0) is 17.3. The van der Waals surface area contributed by atoms with Gasteiger partial charge in [-0.25, -0.2) is 13.4 Å². The summed E-state index contributed by atoms with van der Waals surface area (Å²) in [5.74, 6) is -1.35. The number of nitrogens with one attached hydrogen (secondary N) is 1. The number of amides is 1. The van der Waals surface area contributed by atoms with E-state index in [1.807, 2.05) is 6.07 Å². The molecule has 3 rings (SSSR count). The van der Waals surface area contributed by atoms with Gasteiger partial charge in [0.05, 0.1) is 14.6 Å². The second kappa shape index (κ2) is 6.68. The first-order chi connectivity index (χ1) is 11.3. The lowest BCUT2D eigenvalue weighted by Gasteiger charge is -2.04. The quantitative estimate of drug-likeness (QED) is 0.717. The van der Waals surface area contributed by atoms with Crippen molar-refractivity contribution in [2.75, 3.05) is 11.1 Å². The Hall–Kier alpha value is -1.67. The maximum atomic E-state index is 12.2. The molecule has 1 heterocycles. The van der Waals surface area contributed by atoms with Crippen LogP contribution in [0.5, 0.6) is 0 Å². The molecule has 0 radical (unpaired) electrons. The number of sulfone groups is 1. The Bertz CT molecular complexity index is 1010. The smallest absolute Gasteiger partial charge is 0.241 e. The van der Waals surface area contributed by atoms with Gasteiger partial charge in [0.2, 0.25) is 5.91 Å². The Kier molecular flexibility index (Phi) is 4.78. The van der Waals surface area contributed by atoms with Gasteiger partial charge in [-0.1, -0.05) is 40.6 Å². The summed E-state index contributed by atoms with van der Waals surface area (Å²) in [6, 6.07) is 10.9. The highest BCUT2D eigenvalue weighted by molar-refractivity contribution is 7.92. The SMILES string of the molecule is O=C(CS(=O)(=O)c1ccc(Cl)cc1)Nc1nc2c(Cl)cccc2s1. The molecule has 0 aliphatic heterocycles. The average Bonchev–Trinajstić information content (AvgIpc) is 2.90. The number of carbonyl (C=O) groups is 1. The van der Waals surface area contributed by atoms with E-state index < -0.39 is 21.5 Å². The first-order valence-electron chi connectivity index (χ1n) is 6.68. The molecule has 1 amide bonds. The van der Waals surface area contributed by atoms with Crippen molar-refractivity contribution in [3.05, 3.63) is 52.5 Å². The zero-order valence-electron chi connectivity index (χ0n) is 12.0. The van der Waals surface area contributed by atoms with Crippen LogP contribution >= 0.6 is 34.5 Å². The number of carbonyl (C=O) groups excluding carboxylic acids is 1. The van der Waals surface area contributed by atoms with Crippen LogP contribution in [0.15, 0.2) is 47.4 Å². The molecule has 0 saturated carbocycles. The molecule has 0 bridgehead atoms. The number of nitrogens with zero attached hydrogens (tertiary/aromatic N) is 1. The number of thiazole rings is 1. The van der Waals surface area contributed by atoms with E-state index in [1.54, 1.807) is 12.1 Å². The van der Waals surface area contributed by atoms with Crippen LogP contribution in [0.1, 0.15) is 0 Å². The minimum Gasteiger partial charge on any atom is -0.301 e. The first kappa shape index (κ1) is 17.2. The van der Waals surface area contributed by atoms with Crippen molar-refractivity contribution >= 4 is 65.6 Å². The van der Waals surface area contributed by atoms with E-state index >= 15 is 0 Å². The molecule has 5 nitrogen and oxygen atoms in total. The van der Waals surface area contributed by atoms with Gasteiger partial charge in [0, 0.05) is 5.02 Å². The van der Waals surface area contributed by atoms with E-state index in [0.29, 0.717) is 20.7 Å². The van der Waals surface area contributed by atoms with Crippen molar-refractivity contribution in [2.24, 2.45) is 0 Å². The highest BCUT2D eigenvalue weighted by atomic mass is 35.5. The Morgan fingerprint density at radius 2 is 1.83 bits per heavy atom. The largest absolute Gasteiger partial charge is 0.301 e. The third-order valence-electron chi connectivity index (χ3n) is 3.11. The van der Waals surface area contributed by atoms with Crippen LogP contribution in [0.4, 0.5) is 5.13 Å². The Labute approximate surface area is 152 Å². The van der Waals surface area contributed by atoms with Gasteiger partial charge in [-0.05, 0) is 36.4 Å². The predicted octanol–water partition coefficient (Wildman–Crippen LogP) is 4.02. The van der Waals surface area contributed by atoms with Crippen LogP contribution in [0.2, 0.25) is 10.0 Å². The van der Waals surface area contributed by atoms with E-state index in [-0.39, 0.29) is 4.90 Å². The minimum atomic E-state index is -3.75. The second-order valence-electron chi connectivity index (χ2n) is 4.87. The molecule has 0 spiro atoms. The fourth-order valence-corrected chi connectivity index (χ4v) is 4.46. The Morgan fingerprint density at radius 3 is 2.50 bits per heavy atom. The lowest BCUT2D eigenvalue weighted by Crippen LogP contribution is -2.22. The average molecular weight is 401 g/mol. The van der Waals surface area contributed by atoms with Gasteiger partial charge < -0.3 is 5.32 Å². The van der Waals surface area contributed by atoms with E-state index in [4.69, 9.17) is 23.2 Å². The van der Waals surface area contributed by atoms with E-state index in [2.05, 4.69) is 10.3 Å². The Balaban J connectivity index is 1.77. The molecule has 0 aliphatic carbocycles. The Morgan fingerprint density at radius 1 is 1.12 bits per heavy atom. The van der Waals surface area contributed by atoms with Gasteiger partial charge in [0.1, 0.15) is 11.3 Å². The second-order valence-corrected chi connectivity index (χ2v) is 8.73. The van der Waals surface area contributed by atoms with Gasteiger partial charge in [0.25, 0.3) is 0 Å². The summed E-state index contributed by atoms with van der Waals surface area (Å²) >= 11 is 13.0.